The van der Waals surface area contributed by atoms with Crippen molar-refractivity contribution in [2.45, 2.75) is 0 Å². The summed E-state index contributed by atoms with van der Waals surface area (Å²) in [5.41, 5.74) is 1.01. The van der Waals surface area contributed by atoms with E-state index in [0.29, 0.717) is 0 Å². The molecule has 11 heavy (non-hydrogen) atoms. The summed E-state index contributed by atoms with van der Waals surface area (Å²) in [7, 11) is 0. The van der Waals surface area contributed by atoms with E-state index in [9.17, 15) is 0 Å². The number of halogens is 1. The van der Waals surface area contributed by atoms with E-state index >= 15 is 0 Å². The Balaban J connectivity index is 2.87. The van der Waals surface area contributed by atoms with Gasteiger partial charge in [-0.15, -0.1) is 11.3 Å². The first-order chi connectivity index (χ1) is 5.27. The Kier molecular flexibility index (Phi) is 1.63. The van der Waals surface area contributed by atoms with Crippen LogP contribution in [-0.2, 0) is 0 Å². The van der Waals surface area contributed by atoms with Crippen molar-refractivity contribution in [3.8, 4) is 0 Å². The van der Waals surface area contributed by atoms with Gasteiger partial charge in [0.15, 0.2) is 0 Å². The van der Waals surface area contributed by atoms with Gasteiger partial charge in [0.05, 0.1) is 5.02 Å². The average molecular weight is 182 g/mol. The third kappa shape index (κ3) is 1.15. The van der Waals surface area contributed by atoms with E-state index in [2.05, 4.69) is 6.92 Å². The van der Waals surface area contributed by atoms with Crippen molar-refractivity contribution >= 4 is 33.0 Å². The standard InChI is InChI=1S/C9H6ClS/c1-6-2-3-9-7(4-6)8(10)5-11-9/h2-5H,1H2. The van der Waals surface area contributed by atoms with Crippen LogP contribution in [0.5, 0.6) is 0 Å². The molecule has 0 fully saturated rings. The highest BCUT2D eigenvalue weighted by Crippen LogP contribution is 2.30. The number of benzene rings is 1. The molecule has 0 bridgehead atoms. The quantitative estimate of drug-likeness (QED) is 0.581. The van der Waals surface area contributed by atoms with E-state index in [4.69, 9.17) is 11.6 Å². The van der Waals surface area contributed by atoms with Crippen LogP contribution in [0.4, 0.5) is 0 Å². The molecule has 0 N–H and O–H groups in total. The van der Waals surface area contributed by atoms with Crippen molar-refractivity contribution in [1.29, 1.82) is 0 Å². The van der Waals surface area contributed by atoms with Crippen molar-refractivity contribution in [1.82, 2.24) is 0 Å². The maximum atomic E-state index is 5.93. The molecule has 55 valence electrons. The Labute approximate surface area is 74.4 Å². The van der Waals surface area contributed by atoms with E-state index in [1.54, 1.807) is 11.3 Å². The molecule has 2 heteroatoms. The fourth-order valence-corrected chi connectivity index (χ4v) is 2.19. The average Bonchev–Trinajstić information content (AvgIpc) is 2.33. The van der Waals surface area contributed by atoms with Gasteiger partial charge in [0, 0.05) is 15.5 Å². The van der Waals surface area contributed by atoms with Crippen LogP contribution < -0.4 is 0 Å². The van der Waals surface area contributed by atoms with Gasteiger partial charge in [-0.2, -0.15) is 0 Å². The van der Waals surface area contributed by atoms with E-state index in [1.165, 1.54) is 4.70 Å². The fourth-order valence-electron chi connectivity index (χ4n) is 1.05. The van der Waals surface area contributed by atoms with E-state index < -0.39 is 0 Å². The van der Waals surface area contributed by atoms with Crippen LogP contribution in [0.25, 0.3) is 10.1 Å². The molecule has 2 rings (SSSR count). The number of hydrogen-bond donors (Lipinski definition) is 0. The predicted octanol–water partition coefficient (Wildman–Crippen LogP) is 3.74. The molecule has 1 aromatic carbocycles. The monoisotopic (exact) mass is 181 g/mol. The van der Waals surface area contributed by atoms with E-state index in [1.807, 2.05) is 23.6 Å². The van der Waals surface area contributed by atoms with Crippen molar-refractivity contribution in [3.63, 3.8) is 0 Å². The predicted molar refractivity (Wildman–Crippen MR) is 51.3 cm³/mol. The van der Waals surface area contributed by atoms with Crippen LogP contribution in [-0.4, -0.2) is 0 Å². The van der Waals surface area contributed by atoms with Crippen LogP contribution >= 0.6 is 22.9 Å². The first kappa shape index (κ1) is 7.14. The zero-order valence-corrected chi connectivity index (χ0v) is 7.38. The lowest BCUT2D eigenvalue weighted by atomic mass is 10.2. The van der Waals surface area contributed by atoms with Gasteiger partial charge in [-0.3, -0.25) is 0 Å². The summed E-state index contributed by atoms with van der Waals surface area (Å²) in [5.74, 6) is 0. The molecule has 0 aliphatic heterocycles. The molecule has 0 atom stereocenters. The minimum Gasteiger partial charge on any atom is -0.142 e. The lowest BCUT2D eigenvalue weighted by molar-refractivity contribution is 1.70. The topological polar surface area (TPSA) is 0 Å². The van der Waals surface area contributed by atoms with Gasteiger partial charge in [-0.25, -0.2) is 0 Å². The summed E-state index contributed by atoms with van der Waals surface area (Å²) in [6.07, 6.45) is 0. The molecule has 0 unspecified atom stereocenters. The van der Waals surface area contributed by atoms with Gasteiger partial charge in [-0.05, 0) is 24.6 Å². The number of hydrogen-bond acceptors (Lipinski definition) is 1. The van der Waals surface area contributed by atoms with Crippen LogP contribution in [0.3, 0.4) is 0 Å². The lowest BCUT2D eigenvalue weighted by Gasteiger charge is -1.91. The van der Waals surface area contributed by atoms with Gasteiger partial charge in [0.2, 0.25) is 0 Å². The van der Waals surface area contributed by atoms with Gasteiger partial charge >= 0.3 is 0 Å². The normalized spacial score (nSPS) is 10.7. The molecule has 0 aliphatic carbocycles. The van der Waals surface area contributed by atoms with E-state index in [-0.39, 0.29) is 0 Å². The largest absolute Gasteiger partial charge is 0.142 e. The fraction of sp³-hybridized carbons (Fsp3) is 0. The molecule has 1 radical (unpaired) electrons. The Morgan fingerprint density at radius 1 is 1.36 bits per heavy atom. The maximum Gasteiger partial charge on any atom is 0.0591 e. The molecule has 0 amide bonds. The molecule has 0 aliphatic rings. The molecule has 0 spiro atoms. The molecule has 0 nitrogen and oxygen atoms in total. The van der Waals surface area contributed by atoms with Crippen LogP contribution in [0.2, 0.25) is 5.02 Å². The Morgan fingerprint density at radius 3 is 3.00 bits per heavy atom. The van der Waals surface area contributed by atoms with Crippen LogP contribution in [0.15, 0.2) is 23.6 Å². The first-order valence-electron chi connectivity index (χ1n) is 3.26. The minimum atomic E-state index is 0.829. The van der Waals surface area contributed by atoms with Crippen molar-refractivity contribution in [2.24, 2.45) is 0 Å². The molecule has 1 heterocycles. The molecular weight excluding hydrogens is 176 g/mol. The molecular formula is C9H6ClS. The Bertz CT molecular complexity index is 389. The zero-order chi connectivity index (χ0) is 7.84. The number of fused-ring (bicyclic) bond motifs is 1. The third-order valence-corrected chi connectivity index (χ3v) is 3.00. The zero-order valence-electron chi connectivity index (χ0n) is 5.80. The molecule has 2 aromatic rings. The highest BCUT2D eigenvalue weighted by molar-refractivity contribution is 7.17. The molecule has 0 saturated carbocycles. The summed E-state index contributed by atoms with van der Waals surface area (Å²) < 4.78 is 1.22. The third-order valence-electron chi connectivity index (χ3n) is 1.59. The van der Waals surface area contributed by atoms with E-state index in [0.717, 1.165) is 16.0 Å². The SMILES string of the molecule is [CH2]c1ccc2scc(Cl)c2c1. The van der Waals surface area contributed by atoms with Gasteiger partial charge < -0.3 is 0 Å². The molecule has 0 saturated heterocycles. The highest BCUT2D eigenvalue weighted by atomic mass is 35.5. The summed E-state index contributed by atoms with van der Waals surface area (Å²) >= 11 is 7.59. The second kappa shape index (κ2) is 2.50. The van der Waals surface area contributed by atoms with Crippen molar-refractivity contribution < 1.29 is 0 Å². The second-order valence-electron chi connectivity index (χ2n) is 2.41. The summed E-state index contributed by atoms with van der Waals surface area (Å²) in [5, 5.41) is 3.89. The summed E-state index contributed by atoms with van der Waals surface area (Å²) in [6.45, 7) is 3.84. The highest BCUT2D eigenvalue weighted by Gasteiger charge is 1.99. The summed E-state index contributed by atoms with van der Waals surface area (Å²) in [4.78, 5) is 0. The van der Waals surface area contributed by atoms with Gasteiger partial charge in [0.25, 0.3) is 0 Å². The number of rotatable bonds is 0. The van der Waals surface area contributed by atoms with Crippen molar-refractivity contribution in [2.75, 3.05) is 0 Å². The lowest BCUT2D eigenvalue weighted by Crippen LogP contribution is -1.68. The maximum absolute atomic E-state index is 5.93. The number of thiophene rings is 1. The Hall–Kier alpha value is -0.530. The van der Waals surface area contributed by atoms with Crippen LogP contribution in [0, 0.1) is 6.92 Å². The van der Waals surface area contributed by atoms with Crippen LogP contribution in [0.1, 0.15) is 5.56 Å². The van der Waals surface area contributed by atoms with Gasteiger partial charge in [-0.1, -0.05) is 17.7 Å². The van der Waals surface area contributed by atoms with Gasteiger partial charge in [0.1, 0.15) is 0 Å². The molecule has 1 aromatic heterocycles. The second-order valence-corrected chi connectivity index (χ2v) is 3.73. The minimum absolute atomic E-state index is 0.829. The summed E-state index contributed by atoms with van der Waals surface area (Å²) in [6, 6.07) is 6.05. The first-order valence-corrected chi connectivity index (χ1v) is 4.52. The smallest absolute Gasteiger partial charge is 0.0591 e. The van der Waals surface area contributed by atoms with Crippen molar-refractivity contribution in [3.05, 3.63) is 41.1 Å². The Morgan fingerprint density at radius 2 is 2.18 bits per heavy atom.